The van der Waals surface area contributed by atoms with E-state index < -0.39 is 5.82 Å². The average Bonchev–Trinajstić information content (AvgIpc) is 2.58. The molecule has 0 saturated carbocycles. The zero-order valence-corrected chi connectivity index (χ0v) is 14.7. The first-order chi connectivity index (χ1) is 11.9. The van der Waals surface area contributed by atoms with Gasteiger partial charge in [-0.3, -0.25) is 0 Å². The smallest absolute Gasteiger partial charge is 0.142 e. The average molecular weight is 372 g/mol. The fraction of sp³-hybridized carbons (Fsp3) is 0.0526. The highest BCUT2D eigenvalue weighted by molar-refractivity contribution is 6.31. The summed E-state index contributed by atoms with van der Waals surface area (Å²) in [6.07, 6.45) is 0. The molecule has 6 heteroatoms. The number of nitrogens with two attached hydrogens (primary N) is 1. The number of anilines is 1. The van der Waals surface area contributed by atoms with Crippen molar-refractivity contribution in [1.82, 2.24) is 4.98 Å². The molecule has 0 fully saturated rings. The van der Waals surface area contributed by atoms with Crippen LogP contribution in [0.25, 0.3) is 22.4 Å². The Morgan fingerprint density at radius 2 is 1.88 bits per heavy atom. The summed E-state index contributed by atoms with van der Waals surface area (Å²) >= 11 is 11.8. The lowest BCUT2D eigenvalue weighted by Gasteiger charge is -2.15. The van der Waals surface area contributed by atoms with Crippen LogP contribution in [0.1, 0.15) is 11.1 Å². The molecule has 1 aromatic heterocycles. The summed E-state index contributed by atoms with van der Waals surface area (Å²) < 4.78 is 13.9. The van der Waals surface area contributed by atoms with Crippen LogP contribution in [0.2, 0.25) is 10.0 Å². The van der Waals surface area contributed by atoms with Crippen LogP contribution in [-0.2, 0) is 0 Å². The Bertz CT molecular complexity index is 1030. The van der Waals surface area contributed by atoms with Crippen LogP contribution < -0.4 is 5.73 Å². The molecule has 0 aliphatic carbocycles. The summed E-state index contributed by atoms with van der Waals surface area (Å²) in [4.78, 5) is 4.36. The summed E-state index contributed by atoms with van der Waals surface area (Å²) in [5, 5.41) is 10.1. The zero-order valence-electron chi connectivity index (χ0n) is 13.1. The molecule has 0 aliphatic rings. The third-order valence-corrected chi connectivity index (χ3v) is 4.43. The molecule has 3 aromatic rings. The predicted octanol–water partition coefficient (Wildman–Crippen LogP) is 5.62. The number of nitrogens with zero attached hydrogens (tertiary/aromatic N) is 2. The van der Waals surface area contributed by atoms with Gasteiger partial charge in [-0.25, -0.2) is 9.37 Å². The molecule has 0 aliphatic heterocycles. The van der Waals surface area contributed by atoms with Gasteiger partial charge in [0.05, 0.1) is 10.7 Å². The molecule has 0 amide bonds. The Hall–Kier alpha value is -2.61. The van der Waals surface area contributed by atoms with Gasteiger partial charge in [0.15, 0.2) is 0 Å². The maximum Gasteiger partial charge on any atom is 0.142 e. The fourth-order valence-corrected chi connectivity index (χ4v) is 3.04. The van der Waals surface area contributed by atoms with Crippen molar-refractivity contribution in [2.45, 2.75) is 6.92 Å². The van der Waals surface area contributed by atoms with E-state index in [4.69, 9.17) is 28.9 Å². The number of nitrogen functional groups attached to an aromatic ring is 1. The second kappa shape index (κ2) is 6.72. The molecule has 0 atom stereocenters. The zero-order chi connectivity index (χ0) is 18.1. The molecule has 0 unspecified atom stereocenters. The SMILES string of the molecule is Cc1c(-c2cccc(Cl)c2)nc(N)c(C#N)c1-c1ccc(Cl)c(F)c1. The summed E-state index contributed by atoms with van der Waals surface area (Å²) in [6.45, 7) is 1.81. The van der Waals surface area contributed by atoms with Crippen molar-refractivity contribution >= 4 is 29.0 Å². The van der Waals surface area contributed by atoms with E-state index in [9.17, 15) is 9.65 Å². The molecule has 3 rings (SSSR count). The number of aromatic nitrogens is 1. The maximum atomic E-state index is 13.9. The number of hydrogen-bond acceptors (Lipinski definition) is 3. The predicted molar refractivity (Wildman–Crippen MR) is 99.0 cm³/mol. The number of halogens is 3. The van der Waals surface area contributed by atoms with Crippen LogP contribution in [0.3, 0.4) is 0 Å². The van der Waals surface area contributed by atoms with Crippen molar-refractivity contribution < 1.29 is 4.39 Å². The molecule has 25 heavy (non-hydrogen) atoms. The van der Waals surface area contributed by atoms with Gasteiger partial charge in [0, 0.05) is 16.1 Å². The summed E-state index contributed by atoms with van der Waals surface area (Å²) in [5.74, 6) is -0.490. The van der Waals surface area contributed by atoms with Gasteiger partial charge in [0.25, 0.3) is 0 Å². The molecule has 124 valence electrons. The van der Waals surface area contributed by atoms with Crippen molar-refractivity contribution in [3.05, 3.63) is 69.5 Å². The monoisotopic (exact) mass is 371 g/mol. The Morgan fingerprint density at radius 3 is 2.52 bits per heavy atom. The van der Waals surface area contributed by atoms with Crippen molar-refractivity contribution in [2.75, 3.05) is 5.73 Å². The van der Waals surface area contributed by atoms with Gasteiger partial charge in [-0.15, -0.1) is 0 Å². The highest BCUT2D eigenvalue weighted by atomic mass is 35.5. The van der Waals surface area contributed by atoms with E-state index in [-0.39, 0.29) is 16.4 Å². The number of hydrogen-bond donors (Lipinski definition) is 1. The molecular weight excluding hydrogens is 360 g/mol. The van der Waals surface area contributed by atoms with Crippen LogP contribution in [-0.4, -0.2) is 4.98 Å². The molecule has 3 nitrogen and oxygen atoms in total. The van der Waals surface area contributed by atoms with Crippen molar-refractivity contribution in [3.8, 4) is 28.5 Å². The normalized spacial score (nSPS) is 10.5. The van der Waals surface area contributed by atoms with Gasteiger partial charge in [0.2, 0.25) is 0 Å². The van der Waals surface area contributed by atoms with E-state index in [1.54, 1.807) is 24.3 Å². The third kappa shape index (κ3) is 3.17. The number of benzene rings is 2. The first-order valence-corrected chi connectivity index (χ1v) is 8.09. The quantitative estimate of drug-likeness (QED) is 0.635. The highest BCUT2D eigenvalue weighted by Crippen LogP contribution is 2.37. The minimum absolute atomic E-state index is 0.0111. The van der Waals surface area contributed by atoms with E-state index in [2.05, 4.69) is 11.1 Å². The lowest BCUT2D eigenvalue weighted by Crippen LogP contribution is -2.03. The van der Waals surface area contributed by atoms with E-state index in [1.807, 2.05) is 13.0 Å². The van der Waals surface area contributed by atoms with E-state index in [0.717, 1.165) is 5.56 Å². The largest absolute Gasteiger partial charge is 0.383 e. The Morgan fingerprint density at radius 1 is 1.12 bits per heavy atom. The summed E-state index contributed by atoms with van der Waals surface area (Å²) in [7, 11) is 0. The van der Waals surface area contributed by atoms with E-state index >= 15 is 0 Å². The molecule has 2 N–H and O–H groups in total. The lowest BCUT2D eigenvalue weighted by atomic mass is 9.93. The van der Waals surface area contributed by atoms with Gasteiger partial charge < -0.3 is 5.73 Å². The number of rotatable bonds is 2. The van der Waals surface area contributed by atoms with Crippen molar-refractivity contribution in [3.63, 3.8) is 0 Å². The molecule has 0 bridgehead atoms. The maximum absolute atomic E-state index is 13.9. The molecule has 0 radical (unpaired) electrons. The Kier molecular flexibility index (Phi) is 4.63. The van der Waals surface area contributed by atoms with Gasteiger partial charge in [-0.2, -0.15) is 5.26 Å². The minimum atomic E-state index is -0.567. The topological polar surface area (TPSA) is 62.7 Å². The minimum Gasteiger partial charge on any atom is -0.383 e. The lowest BCUT2D eigenvalue weighted by molar-refractivity contribution is 0.629. The molecule has 0 saturated heterocycles. The summed E-state index contributed by atoms with van der Waals surface area (Å²) in [5.41, 5.74) is 9.28. The van der Waals surface area contributed by atoms with Gasteiger partial charge >= 0.3 is 0 Å². The number of nitriles is 1. The second-order valence-electron chi connectivity index (χ2n) is 5.47. The second-order valence-corrected chi connectivity index (χ2v) is 6.32. The summed E-state index contributed by atoms with van der Waals surface area (Å²) in [6, 6.07) is 13.6. The van der Waals surface area contributed by atoms with E-state index in [1.165, 1.54) is 12.1 Å². The van der Waals surface area contributed by atoms with Crippen molar-refractivity contribution in [2.24, 2.45) is 0 Å². The third-order valence-electron chi connectivity index (χ3n) is 3.89. The first kappa shape index (κ1) is 17.2. The standard InChI is InChI=1S/C19H12Cl2FN3/c1-10-17(11-5-6-15(21)16(22)8-11)14(9-23)19(24)25-18(10)12-3-2-4-13(20)7-12/h2-8H,1H3,(H2,24,25). The van der Waals surface area contributed by atoms with Crippen LogP contribution in [0.4, 0.5) is 10.2 Å². The van der Waals surface area contributed by atoms with E-state index in [0.29, 0.717) is 27.4 Å². The molecule has 1 heterocycles. The molecule has 2 aromatic carbocycles. The Balaban J connectivity index is 2.34. The number of pyridine rings is 1. The van der Waals surface area contributed by atoms with Crippen LogP contribution in [0.15, 0.2) is 42.5 Å². The van der Waals surface area contributed by atoms with Gasteiger partial charge in [-0.1, -0.05) is 41.4 Å². The highest BCUT2D eigenvalue weighted by Gasteiger charge is 2.19. The van der Waals surface area contributed by atoms with Gasteiger partial charge in [0.1, 0.15) is 23.3 Å². The Labute approximate surface area is 154 Å². The van der Waals surface area contributed by atoms with Crippen LogP contribution in [0.5, 0.6) is 0 Å². The molecular formula is C19H12Cl2FN3. The molecule has 0 spiro atoms. The van der Waals surface area contributed by atoms with Gasteiger partial charge in [-0.05, 0) is 42.3 Å². The fourth-order valence-electron chi connectivity index (χ4n) is 2.74. The van der Waals surface area contributed by atoms with Crippen LogP contribution >= 0.6 is 23.2 Å². The van der Waals surface area contributed by atoms with Crippen molar-refractivity contribution in [1.29, 1.82) is 5.26 Å². The van der Waals surface area contributed by atoms with Crippen LogP contribution in [0, 0.1) is 24.1 Å². The first-order valence-electron chi connectivity index (χ1n) is 7.34.